The van der Waals surface area contributed by atoms with Crippen LogP contribution < -0.4 is 10.6 Å². The molecule has 1 saturated carbocycles. The number of pyridine rings is 1. The summed E-state index contributed by atoms with van der Waals surface area (Å²) in [6.45, 7) is 0. The van der Waals surface area contributed by atoms with Gasteiger partial charge >= 0.3 is 5.97 Å². The first kappa shape index (κ1) is 23.7. The molecule has 3 N–H and O–H groups in total. The zero-order chi connectivity index (χ0) is 24.4. The van der Waals surface area contributed by atoms with Crippen molar-refractivity contribution in [2.45, 2.75) is 31.7 Å². The van der Waals surface area contributed by atoms with Gasteiger partial charge in [0.2, 0.25) is 11.7 Å². The van der Waals surface area contributed by atoms with Crippen LogP contribution in [0.4, 0.5) is 11.5 Å². The topological polar surface area (TPSA) is 125 Å². The largest absolute Gasteiger partial charge is 0.478 e. The summed E-state index contributed by atoms with van der Waals surface area (Å²) in [6, 6.07) is 7.78. The number of aromatic nitrogens is 1. The molecule has 10 heteroatoms. The Kier molecular flexibility index (Phi) is 6.85. The Morgan fingerprint density at radius 1 is 1.09 bits per heavy atom. The summed E-state index contributed by atoms with van der Waals surface area (Å²) >= 11 is 5.85. The number of benzene rings is 1. The van der Waals surface area contributed by atoms with E-state index in [9.17, 15) is 19.5 Å². The van der Waals surface area contributed by atoms with E-state index >= 15 is 0 Å². The zero-order valence-corrected chi connectivity index (χ0v) is 19.6. The highest BCUT2D eigenvalue weighted by molar-refractivity contribution is 6.30. The first-order valence-electron chi connectivity index (χ1n) is 10.9. The van der Waals surface area contributed by atoms with E-state index in [1.807, 2.05) is 14.1 Å². The quantitative estimate of drug-likeness (QED) is 0.470. The number of halogens is 1. The number of nitrogens with one attached hydrogen (secondary N) is 2. The number of rotatable bonds is 6. The first-order chi connectivity index (χ1) is 16.2. The van der Waals surface area contributed by atoms with Crippen molar-refractivity contribution < 1.29 is 23.9 Å². The SMILES string of the molecule is CN(C)[C@H]1CC[C@H](C(=O)Nc2c(C(=O)Nc3ccc(Cl)cn3)oc3ccc(C(=O)O)cc23)CC1. The number of nitrogens with zero attached hydrogens (tertiary/aromatic N) is 2. The molecule has 0 atom stereocenters. The van der Waals surface area contributed by atoms with Crippen molar-refractivity contribution in [1.82, 2.24) is 9.88 Å². The van der Waals surface area contributed by atoms with Gasteiger partial charge in [-0.05, 0) is 70.1 Å². The number of anilines is 2. The Morgan fingerprint density at radius 3 is 2.44 bits per heavy atom. The van der Waals surface area contributed by atoms with Crippen LogP contribution in [0.5, 0.6) is 0 Å². The van der Waals surface area contributed by atoms with Gasteiger partial charge in [-0.3, -0.25) is 9.59 Å². The number of hydrogen-bond donors (Lipinski definition) is 3. The molecule has 0 bridgehead atoms. The van der Waals surface area contributed by atoms with Crippen LogP contribution in [0.1, 0.15) is 46.6 Å². The molecule has 1 aliphatic carbocycles. The molecular weight excluding hydrogens is 460 g/mol. The molecule has 4 rings (SSSR count). The van der Waals surface area contributed by atoms with Gasteiger partial charge in [0, 0.05) is 23.5 Å². The molecule has 0 saturated heterocycles. The lowest BCUT2D eigenvalue weighted by Crippen LogP contribution is -2.35. The number of fused-ring (bicyclic) bond motifs is 1. The van der Waals surface area contributed by atoms with Crippen LogP contribution >= 0.6 is 11.6 Å². The van der Waals surface area contributed by atoms with E-state index in [4.69, 9.17) is 16.0 Å². The highest BCUT2D eigenvalue weighted by Gasteiger charge is 2.30. The molecule has 1 aromatic carbocycles. The zero-order valence-electron chi connectivity index (χ0n) is 18.8. The summed E-state index contributed by atoms with van der Waals surface area (Å²) in [6.07, 6.45) is 4.63. The Bertz CT molecular complexity index is 1230. The summed E-state index contributed by atoms with van der Waals surface area (Å²) in [7, 11) is 4.06. The summed E-state index contributed by atoms with van der Waals surface area (Å²) < 4.78 is 5.75. The fraction of sp³-hybridized carbons (Fsp3) is 0.333. The fourth-order valence-corrected chi connectivity index (χ4v) is 4.33. The van der Waals surface area contributed by atoms with Gasteiger partial charge in [-0.25, -0.2) is 9.78 Å². The average molecular weight is 485 g/mol. The normalized spacial score (nSPS) is 18.1. The third kappa shape index (κ3) is 5.05. The highest BCUT2D eigenvalue weighted by Crippen LogP contribution is 2.34. The number of amides is 2. The van der Waals surface area contributed by atoms with Crippen LogP contribution in [-0.2, 0) is 4.79 Å². The molecule has 1 aliphatic rings. The molecule has 0 unspecified atom stereocenters. The van der Waals surface area contributed by atoms with Gasteiger partial charge in [-0.1, -0.05) is 11.6 Å². The molecule has 0 radical (unpaired) electrons. The van der Waals surface area contributed by atoms with E-state index in [-0.39, 0.29) is 40.2 Å². The molecule has 34 heavy (non-hydrogen) atoms. The number of carbonyl (C=O) groups excluding carboxylic acids is 2. The molecule has 2 heterocycles. The Hall–Kier alpha value is -3.43. The minimum absolute atomic E-state index is 0.0154. The van der Waals surface area contributed by atoms with E-state index in [1.54, 1.807) is 6.07 Å². The second-order valence-electron chi connectivity index (χ2n) is 8.60. The van der Waals surface area contributed by atoms with Crippen molar-refractivity contribution in [3.8, 4) is 0 Å². The average Bonchev–Trinajstić information content (AvgIpc) is 3.18. The van der Waals surface area contributed by atoms with Crippen molar-refractivity contribution in [1.29, 1.82) is 0 Å². The lowest BCUT2D eigenvalue weighted by atomic mass is 9.85. The molecule has 3 aromatic rings. The summed E-state index contributed by atoms with van der Waals surface area (Å²) in [5.74, 6) is -2.07. The lowest BCUT2D eigenvalue weighted by Gasteiger charge is -2.31. The molecule has 2 aromatic heterocycles. The first-order valence-corrected chi connectivity index (χ1v) is 11.3. The molecular formula is C24H25ClN4O5. The molecule has 0 aliphatic heterocycles. The van der Waals surface area contributed by atoms with Crippen LogP contribution in [0, 0.1) is 5.92 Å². The Morgan fingerprint density at radius 2 is 1.82 bits per heavy atom. The van der Waals surface area contributed by atoms with E-state index in [2.05, 4.69) is 20.5 Å². The van der Waals surface area contributed by atoms with Gasteiger partial charge in [-0.15, -0.1) is 0 Å². The number of aromatic carboxylic acids is 1. The van der Waals surface area contributed by atoms with E-state index in [1.165, 1.54) is 30.5 Å². The summed E-state index contributed by atoms with van der Waals surface area (Å²) in [4.78, 5) is 43.9. The van der Waals surface area contributed by atoms with Crippen molar-refractivity contribution >= 4 is 51.9 Å². The number of furan rings is 1. The number of carbonyl (C=O) groups is 3. The molecule has 0 spiro atoms. The second-order valence-corrected chi connectivity index (χ2v) is 9.03. The predicted octanol–water partition coefficient (Wildman–Crippen LogP) is 4.49. The lowest BCUT2D eigenvalue weighted by molar-refractivity contribution is -0.121. The summed E-state index contributed by atoms with van der Waals surface area (Å²) in [5.41, 5.74) is 0.441. The van der Waals surface area contributed by atoms with E-state index in [0.717, 1.165) is 25.7 Å². The van der Waals surface area contributed by atoms with Gasteiger partial charge in [0.25, 0.3) is 5.91 Å². The van der Waals surface area contributed by atoms with Crippen molar-refractivity contribution in [3.63, 3.8) is 0 Å². The minimum Gasteiger partial charge on any atom is -0.478 e. The van der Waals surface area contributed by atoms with Crippen molar-refractivity contribution in [2.24, 2.45) is 5.92 Å². The fourth-order valence-electron chi connectivity index (χ4n) is 4.22. The molecule has 1 fully saturated rings. The van der Waals surface area contributed by atoms with Crippen LogP contribution in [-0.4, -0.2) is 52.9 Å². The minimum atomic E-state index is -1.13. The van der Waals surface area contributed by atoms with E-state index < -0.39 is 11.9 Å². The van der Waals surface area contributed by atoms with Crippen molar-refractivity contribution in [2.75, 3.05) is 24.7 Å². The number of carboxylic acids is 1. The third-order valence-corrected chi connectivity index (χ3v) is 6.38. The maximum absolute atomic E-state index is 13.1. The molecule has 9 nitrogen and oxygen atoms in total. The van der Waals surface area contributed by atoms with Crippen LogP contribution in [0.15, 0.2) is 40.9 Å². The second kappa shape index (κ2) is 9.82. The number of carboxylic acid groups (broad SMARTS) is 1. The standard InChI is InChI=1S/C24H25ClN4O5/c1-29(2)16-7-3-13(4-8-16)22(30)28-20-17-11-14(24(32)33)5-9-18(17)34-21(20)23(31)27-19-10-6-15(25)12-26-19/h5-6,9-13,16H,3-4,7-8H2,1-2H3,(H,28,30)(H,32,33)(H,26,27,31)/t13-,16-. The third-order valence-electron chi connectivity index (χ3n) is 6.16. The smallest absolute Gasteiger partial charge is 0.335 e. The van der Waals surface area contributed by atoms with Gasteiger partial charge in [0.05, 0.1) is 10.6 Å². The van der Waals surface area contributed by atoms with E-state index in [0.29, 0.717) is 16.5 Å². The van der Waals surface area contributed by atoms with Crippen LogP contribution in [0.3, 0.4) is 0 Å². The van der Waals surface area contributed by atoms with Gasteiger partial charge in [0.15, 0.2) is 0 Å². The van der Waals surface area contributed by atoms with Crippen LogP contribution in [0.25, 0.3) is 11.0 Å². The number of hydrogen-bond acceptors (Lipinski definition) is 6. The Balaban J connectivity index is 1.64. The maximum Gasteiger partial charge on any atom is 0.335 e. The van der Waals surface area contributed by atoms with Gasteiger partial charge in [-0.2, -0.15) is 0 Å². The highest BCUT2D eigenvalue weighted by atomic mass is 35.5. The molecule has 178 valence electrons. The summed E-state index contributed by atoms with van der Waals surface area (Å²) in [5, 5.41) is 15.6. The monoisotopic (exact) mass is 484 g/mol. The Labute approximate surface area is 201 Å². The maximum atomic E-state index is 13.1. The predicted molar refractivity (Wildman–Crippen MR) is 128 cm³/mol. The van der Waals surface area contributed by atoms with Crippen LogP contribution in [0.2, 0.25) is 5.02 Å². The van der Waals surface area contributed by atoms with Crippen molar-refractivity contribution in [3.05, 3.63) is 52.9 Å². The van der Waals surface area contributed by atoms with Gasteiger partial charge < -0.3 is 25.1 Å². The van der Waals surface area contributed by atoms with Gasteiger partial charge in [0.1, 0.15) is 17.1 Å². The molecule has 2 amide bonds.